The molecule has 0 saturated heterocycles. The standard InChI is InChI=1S/C21H31N4O2P/c1-5-7-9-13-27-25-18(10-8-6-2)24-19-20(25)16-12-11-15(28(3,4)26)14-17(16)23-21(19)22/h11-12,14H,5-10,13H2,1-4H3,(H2,22,23). The van der Waals surface area contributed by atoms with Crippen molar-refractivity contribution in [3.8, 4) is 0 Å². The van der Waals surface area contributed by atoms with Crippen LogP contribution in [0.4, 0.5) is 5.82 Å². The number of aryl methyl sites for hydroxylation is 1. The first-order chi connectivity index (χ1) is 13.4. The summed E-state index contributed by atoms with van der Waals surface area (Å²) in [5.41, 5.74) is 8.52. The first kappa shape index (κ1) is 20.7. The Hall–Kier alpha value is -2.07. The monoisotopic (exact) mass is 402 g/mol. The summed E-state index contributed by atoms with van der Waals surface area (Å²) >= 11 is 0. The van der Waals surface area contributed by atoms with Gasteiger partial charge in [0.15, 0.2) is 5.82 Å². The maximum absolute atomic E-state index is 12.5. The summed E-state index contributed by atoms with van der Waals surface area (Å²) in [5.74, 6) is 1.27. The Morgan fingerprint density at radius 2 is 1.86 bits per heavy atom. The van der Waals surface area contributed by atoms with Crippen molar-refractivity contribution in [2.45, 2.75) is 52.4 Å². The molecule has 2 aromatic heterocycles. The maximum atomic E-state index is 12.5. The molecule has 0 amide bonds. The fourth-order valence-corrected chi connectivity index (χ4v) is 4.20. The Labute approximate surface area is 166 Å². The molecular formula is C21H31N4O2P. The minimum Gasteiger partial charge on any atom is -0.412 e. The van der Waals surface area contributed by atoms with Crippen molar-refractivity contribution in [2.24, 2.45) is 0 Å². The van der Waals surface area contributed by atoms with Crippen molar-refractivity contribution in [3.63, 3.8) is 0 Å². The van der Waals surface area contributed by atoms with Crippen LogP contribution in [-0.2, 0) is 11.0 Å². The number of hydrogen-bond acceptors (Lipinski definition) is 5. The highest BCUT2D eigenvalue weighted by atomic mass is 31.2. The molecule has 7 heteroatoms. The van der Waals surface area contributed by atoms with Gasteiger partial charge in [0.2, 0.25) is 0 Å². The molecule has 0 aliphatic carbocycles. The Kier molecular flexibility index (Phi) is 6.29. The van der Waals surface area contributed by atoms with Crippen LogP contribution in [0.25, 0.3) is 21.9 Å². The van der Waals surface area contributed by atoms with E-state index in [1.807, 2.05) is 22.9 Å². The van der Waals surface area contributed by atoms with Gasteiger partial charge in [-0.3, -0.25) is 0 Å². The average molecular weight is 402 g/mol. The molecule has 0 aliphatic rings. The third-order valence-electron chi connectivity index (χ3n) is 4.97. The molecule has 2 N–H and O–H groups in total. The highest BCUT2D eigenvalue weighted by molar-refractivity contribution is 7.70. The Balaban J connectivity index is 2.18. The van der Waals surface area contributed by atoms with Crippen LogP contribution in [0.1, 0.15) is 51.8 Å². The zero-order valence-electron chi connectivity index (χ0n) is 17.4. The summed E-state index contributed by atoms with van der Waals surface area (Å²) in [7, 11) is -2.38. The van der Waals surface area contributed by atoms with Crippen LogP contribution in [-0.4, -0.2) is 34.6 Å². The van der Waals surface area contributed by atoms with E-state index >= 15 is 0 Å². The maximum Gasteiger partial charge on any atom is 0.152 e. The van der Waals surface area contributed by atoms with Crippen molar-refractivity contribution in [3.05, 3.63) is 24.0 Å². The van der Waals surface area contributed by atoms with Crippen molar-refractivity contribution >= 4 is 40.2 Å². The third kappa shape index (κ3) is 4.17. The highest BCUT2D eigenvalue weighted by Crippen LogP contribution is 2.36. The lowest BCUT2D eigenvalue weighted by molar-refractivity contribution is 0.109. The summed E-state index contributed by atoms with van der Waals surface area (Å²) in [6.45, 7) is 8.51. The fraction of sp³-hybridized carbons (Fsp3) is 0.524. The number of nitrogens with zero attached hydrogens (tertiary/aromatic N) is 3. The van der Waals surface area contributed by atoms with Crippen LogP contribution < -0.4 is 15.9 Å². The minimum atomic E-state index is -2.38. The van der Waals surface area contributed by atoms with Crippen molar-refractivity contribution in [1.29, 1.82) is 0 Å². The van der Waals surface area contributed by atoms with Crippen molar-refractivity contribution < 1.29 is 9.40 Å². The van der Waals surface area contributed by atoms with E-state index in [1.165, 1.54) is 0 Å². The zero-order valence-corrected chi connectivity index (χ0v) is 18.3. The van der Waals surface area contributed by atoms with Crippen LogP contribution in [0.2, 0.25) is 0 Å². The van der Waals surface area contributed by atoms with E-state index in [0.29, 0.717) is 17.9 Å². The van der Waals surface area contributed by atoms with Crippen molar-refractivity contribution in [2.75, 3.05) is 25.7 Å². The van der Waals surface area contributed by atoms with Crippen LogP contribution in [0, 0.1) is 0 Å². The summed E-state index contributed by atoms with van der Waals surface area (Å²) < 4.78 is 14.4. The second kappa shape index (κ2) is 8.52. The van der Waals surface area contributed by atoms with Crippen LogP contribution >= 0.6 is 7.14 Å². The Morgan fingerprint density at radius 3 is 2.54 bits per heavy atom. The molecule has 0 radical (unpaired) electrons. The molecule has 2 heterocycles. The molecular weight excluding hydrogens is 371 g/mol. The molecule has 0 unspecified atom stereocenters. The van der Waals surface area contributed by atoms with E-state index in [2.05, 4.69) is 18.8 Å². The average Bonchev–Trinajstić information content (AvgIpc) is 3.02. The molecule has 0 saturated carbocycles. The summed E-state index contributed by atoms with van der Waals surface area (Å²) in [4.78, 5) is 15.5. The number of imidazole rings is 1. The van der Waals surface area contributed by atoms with Gasteiger partial charge in [-0.1, -0.05) is 39.2 Å². The Morgan fingerprint density at radius 1 is 1.11 bits per heavy atom. The minimum absolute atomic E-state index is 0.385. The number of unbranched alkanes of at least 4 members (excludes halogenated alkanes) is 3. The topological polar surface area (TPSA) is 83.0 Å². The Bertz CT molecular complexity index is 1020. The summed E-state index contributed by atoms with van der Waals surface area (Å²) in [6.07, 6.45) is 6.23. The number of nitrogen functional groups attached to an aromatic ring is 1. The first-order valence-electron chi connectivity index (χ1n) is 10.2. The number of fused-ring (bicyclic) bond motifs is 3. The van der Waals surface area contributed by atoms with Gasteiger partial charge < -0.3 is 15.1 Å². The predicted molar refractivity (Wildman–Crippen MR) is 118 cm³/mol. The number of benzene rings is 1. The molecule has 3 rings (SSSR count). The van der Waals surface area contributed by atoms with Gasteiger partial charge in [0.05, 0.1) is 5.52 Å². The van der Waals surface area contributed by atoms with Gasteiger partial charge in [0, 0.05) is 17.1 Å². The van der Waals surface area contributed by atoms with Crippen molar-refractivity contribution in [1.82, 2.24) is 14.7 Å². The van der Waals surface area contributed by atoms with E-state index in [-0.39, 0.29) is 0 Å². The quantitative estimate of drug-likeness (QED) is 0.424. The number of aromatic nitrogens is 3. The molecule has 0 bridgehead atoms. The first-order valence-corrected chi connectivity index (χ1v) is 12.8. The lowest BCUT2D eigenvalue weighted by atomic mass is 10.2. The predicted octanol–water partition coefficient (Wildman–Crippen LogP) is 4.38. The van der Waals surface area contributed by atoms with E-state index in [4.69, 9.17) is 15.6 Å². The second-order valence-electron chi connectivity index (χ2n) is 7.71. The van der Waals surface area contributed by atoms with E-state index in [9.17, 15) is 4.57 Å². The van der Waals surface area contributed by atoms with E-state index < -0.39 is 7.14 Å². The van der Waals surface area contributed by atoms with Gasteiger partial charge in [0.25, 0.3) is 0 Å². The normalized spacial score (nSPS) is 12.1. The van der Waals surface area contributed by atoms with Crippen LogP contribution in [0.15, 0.2) is 18.2 Å². The molecule has 0 aliphatic heterocycles. The van der Waals surface area contributed by atoms with Gasteiger partial charge in [-0.25, -0.2) is 9.97 Å². The number of nitrogens with two attached hydrogens (primary N) is 1. The number of hydrogen-bond donors (Lipinski definition) is 1. The molecule has 0 spiro atoms. The number of anilines is 1. The lowest BCUT2D eigenvalue weighted by Crippen LogP contribution is -2.16. The second-order valence-corrected chi connectivity index (χ2v) is 10.9. The molecule has 1 aromatic carbocycles. The van der Waals surface area contributed by atoms with Gasteiger partial charge in [-0.05, 0) is 38.3 Å². The summed E-state index contributed by atoms with van der Waals surface area (Å²) in [5, 5.41) is 1.72. The van der Waals surface area contributed by atoms with E-state index in [0.717, 1.165) is 66.1 Å². The van der Waals surface area contributed by atoms with Gasteiger partial charge in [0.1, 0.15) is 30.6 Å². The lowest BCUT2D eigenvalue weighted by Gasteiger charge is -2.13. The van der Waals surface area contributed by atoms with Crippen LogP contribution in [0.5, 0.6) is 0 Å². The smallest absolute Gasteiger partial charge is 0.152 e. The van der Waals surface area contributed by atoms with Crippen LogP contribution in [0.3, 0.4) is 0 Å². The zero-order chi connectivity index (χ0) is 20.3. The number of pyridine rings is 1. The third-order valence-corrected chi connectivity index (χ3v) is 6.49. The molecule has 3 aromatic rings. The molecule has 0 fully saturated rings. The highest BCUT2D eigenvalue weighted by Gasteiger charge is 2.20. The number of rotatable bonds is 9. The molecule has 0 atom stereocenters. The SMILES string of the molecule is CCCCCOn1c(CCCC)nc2c(N)nc3cc(P(C)(C)=O)ccc3c21. The largest absolute Gasteiger partial charge is 0.412 e. The van der Waals surface area contributed by atoms with Gasteiger partial charge >= 0.3 is 0 Å². The summed E-state index contributed by atoms with van der Waals surface area (Å²) in [6, 6.07) is 5.77. The van der Waals surface area contributed by atoms with Gasteiger partial charge in [-0.2, -0.15) is 4.73 Å². The van der Waals surface area contributed by atoms with Gasteiger partial charge in [-0.15, -0.1) is 0 Å². The van der Waals surface area contributed by atoms with E-state index in [1.54, 1.807) is 13.3 Å². The fourth-order valence-electron chi connectivity index (χ4n) is 3.34. The molecule has 6 nitrogen and oxygen atoms in total. The molecule has 152 valence electrons. The molecule has 28 heavy (non-hydrogen) atoms.